The van der Waals surface area contributed by atoms with Gasteiger partial charge in [0.1, 0.15) is 5.84 Å². The lowest BCUT2D eigenvalue weighted by atomic mass is 10.1. The quantitative estimate of drug-likeness (QED) is 0.555. The molecule has 0 unspecified atom stereocenters. The van der Waals surface area contributed by atoms with E-state index in [1.165, 1.54) is 10.8 Å². The summed E-state index contributed by atoms with van der Waals surface area (Å²) in [7, 11) is 0. The molecule has 3 heteroatoms. The summed E-state index contributed by atoms with van der Waals surface area (Å²) in [4.78, 5) is 2.16. The lowest BCUT2D eigenvalue weighted by Gasteiger charge is -2.08. The third kappa shape index (κ3) is 2.53. The molecule has 0 aliphatic heterocycles. The fourth-order valence-electron chi connectivity index (χ4n) is 2.14. The largest absolute Gasteiger partial charge is 0.384 e. The van der Waals surface area contributed by atoms with Gasteiger partial charge in [0, 0.05) is 15.4 Å². The lowest BCUT2D eigenvalue weighted by Crippen LogP contribution is -2.11. The number of fused-ring (bicyclic) bond motifs is 1. The van der Waals surface area contributed by atoms with Crippen molar-refractivity contribution in [2.24, 2.45) is 5.73 Å². The number of nitrogens with one attached hydrogen (secondary N) is 1. The van der Waals surface area contributed by atoms with Crippen LogP contribution in [0.1, 0.15) is 5.56 Å². The SMILES string of the molecule is N=C(N)c1ccccc1Sc1ccc2ccccc2c1. The first-order chi connectivity index (χ1) is 9.74. The third-order valence-corrected chi connectivity index (χ3v) is 4.19. The van der Waals surface area contributed by atoms with Crippen LogP contribution in [0.25, 0.3) is 10.8 Å². The Balaban J connectivity index is 1.99. The summed E-state index contributed by atoms with van der Waals surface area (Å²) in [5.41, 5.74) is 6.41. The predicted octanol–water partition coefficient (Wildman–Crippen LogP) is 4.28. The second-order valence-electron chi connectivity index (χ2n) is 4.52. The van der Waals surface area contributed by atoms with Gasteiger partial charge in [0.05, 0.1) is 0 Å². The maximum Gasteiger partial charge on any atom is 0.123 e. The second kappa shape index (κ2) is 5.39. The number of nitrogen functional groups attached to an aromatic ring is 1. The number of hydrogen-bond acceptors (Lipinski definition) is 2. The van der Waals surface area contributed by atoms with Gasteiger partial charge in [-0.05, 0) is 29.0 Å². The zero-order valence-electron chi connectivity index (χ0n) is 10.8. The summed E-state index contributed by atoms with van der Waals surface area (Å²) in [5.74, 6) is 0.105. The van der Waals surface area contributed by atoms with Crippen molar-refractivity contribution in [3.63, 3.8) is 0 Å². The average molecular weight is 278 g/mol. The van der Waals surface area contributed by atoms with Gasteiger partial charge >= 0.3 is 0 Å². The van der Waals surface area contributed by atoms with E-state index in [2.05, 4.69) is 30.3 Å². The van der Waals surface area contributed by atoms with E-state index in [9.17, 15) is 0 Å². The molecule has 0 aliphatic rings. The first-order valence-electron chi connectivity index (χ1n) is 6.34. The summed E-state index contributed by atoms with van der Waals surface area (Å²) in [5, 5.41) is 10.1. The number of hydrogen-bond donors (Lipinski definition) is 2. The molecular weight excluding hydrogens is 264 g/mol. The molecular formula is C17H14N2S. The van der Waals surface area contributed by atoms with Crippen LogP contribution in [0.4, 0.5) is 0 Å². The first kappa shape index (κ1) is 12.8. The molecule has 0 aliphatic carbocycles. The molecule has 0 radical (unpaired) electrons. The summed E-state index contributed by atoms with van der Waals surface area (Å²) in [6, 6.07) is 22.4. The zero-order valence-corrected chi connectivity index (χ0v) is 11.7. The van der Waals surface area contributed by atoms with Gasteiger partial charge in [0.2, 0.25) is 0 Å². The van der Waals surface area contributed by atoms with Crippen LogP contribution in [0, 0.1) is 5.41 Å². The normalized spacial score (nSPS) is 10.6. The van der Waals surface area contributed by atoms with Crippen LogP contribution in [0.15, 0.2) is 76.5 Å². The fraction of sp³-hybridized carbons (Fsp3) is 0. The first-order valence-corrected chi connectivity index (χ1v) is 7.16. The van der Waals surface area contributed by atoms with Crippen molar-refractivity contribution in [2.75, 3.05) is 0 Å². The van der Waals surface area contributed by atoms with E-state index >= 15 is 0 Å². The van der Waals surface area contributed by atoms with Gasteiger partial charge in [-0.25, -0.2) is 0 Å². The average Bonchev–Trinajstić information content (AvgIpc) is 2.47. The highest BCUT2D eigenvalue weighted by molar-refractivity contribution is 7.99. The molecule has 0 spiro atoms. The molecule has 0 saturated heterocycles. The third-order valence-electron chi connectivity index (χ3n) is 3.13. The van der Waals surface area contributed by atoms with Crippen molar-refractivity contribution in [2.45, 2.75) is 9.79 Å². The summed E-state index contributed by atoms with van der Waals surface area (Å²) >= 11 is 1.64. The van der Waals surface area contributed by atoms with Crippen molar-refractivity contribution < 1.29 is 0 Å². The summed E-state index contributed by atoms with van der Waals surface area (Å²) < 4.78 is 0. The van der Waals surface area contributed by atoms with E-state index in [0.29, 0.717) is 0 Å². The molecule has 0 amide bonds. The summed E-state index contributed by atoms with van der Waals surface area (Å²) in [6.07, 6.45) is 0. The monoisotopic (exact) mass is 278 g/mol. The van der Waals surface area contributed by atoms with Crippen LogP contribution >= 0.6 is 11.8 Å². The van der Waals surface area contributed by atoms with E-state index in [0.717, 1.165) is 15.4 Å². The molecule has 3 aromatic rings. The minimum absolute atomic E-state index is 0.105. The highest BCUT2D eigenvalue weighted by Gasteiger charge is 2.06. The van der Waals surface area contributed by atoms with Gasteiger partial charge < -0.3 is 5.73 Å². The molecule has 98 valence electrons. The van der Waals surface area contributed by atoms with Gasteiger partial charge in [-0.15, -0.1) is 0 Å². The van der Waals surface area contributed by atoms with E-state index in [1.54, 1.807) is 11.8 Å². The molecule has 20 heavy (non-hydrogen) atoms. The molecule has 3 N–H and O–H groups in total. The highest BCUT2D eigenvalue weighted by Crippen LogP contribution is 2.32. The van der Waals surface area contributed by atoms with Gasteiger partial charge in [-0.3, -0.25) is 5.41 Å². The van der Waals surface area contributed by atoms with Crippen molar-refractivity contribution in [1.82, 2.24) is 0 Å². The van der Waals surface area contributed by atoms with Gasteiger partial charge in [0.25, 0.3) is 0 Å². The number of rotatable bonds is 3. The minimum Gasteiger partial charge on any atom is -0.384 e. The minimum atomic E-state index is 0.105. The van der Waals surface area contributed by atoms with Crippen molar-refractivity contribution >= 4 is 28.4 Å². The van der Waals surface area contributed by atoms with E-state index < -0.39 is 0 Å². The molecule has 0 saturated carbocycles. The van der Waals surface area contributed by atoms with Crippen LogP contribution in [-0.2, 0) is 0 Å². The smallest absolute Gasteiger partial charge is 0.123 e. The maximum absolute atomic E-state index is 7.64. The molecule has 0 aromatic heterocycles. The number of amidine groups is 1. The molecule has 3 rings (SSSR count). The maximum atomic E-state index is 7.64. The Hall–Kier alpha value is -2.26. The van der Waals surface area contributed by atoms with Crippen molar-refractivity contribution in [3.05, 3.63) is 72.3 Å². The summed E-state index contributed by atoms with van der Waals surface area (Å²) in [6.45, 7) is 0. The Morgan fingerprint density at radius 1 is 0.850 bits per heavy atom. The number of benzene rings is 3. The molecule has 3 aromatic carbocycles. The second-order valence-corrected chi connectivity index (χ2v) is 5.64. The van der Waals surface area contributed by atoms with E-state index in [-0.39, 0.29) is 5.84 Å². The molecule has 0 heterocycles. The van der Waals surface area contributed by atoms with Gasteiger partial charge in [0.15, 0.2) is 0 Å². The van der Waals surface area contributed by atoms with Gasteiger partial charge in [-0.2, -0.15) is 0 Å². The van der Waals surface area contributed by atoms with Crippen molar-refractivity contribution in [1.29, 1.82) is 5.41 Å². The standard InChI is InChI=1S/C17H14N2S/c18-17(19)15-7-3-4-8-16(15)20-14-10-9-12-5-1-2-6-13(12)11-14/h1-11H,(H3,18,19). The van der Waals surface area contributed by atoms with E-state index in [4.69, 9.17) is 11.1 Å². The van der Waals surface area contributed by atoms with Crippen LogP contribution in [-0.4, -0.2) is 5.84 Å². The number of nitrogens with two attached hydrogens (primary N) is 1. The molecule has 0 atom stereocenters. The van der Waals surface area contributed by atoms with Crippen LogP contribution < -0.4 is 5.73 Å². The fourth-order valence-corrected chi connectivity index (χ4v) is 3.15. The van der Waals surface area contributed by atoms with Crippen LogP contribution in [0.3, 0.4) is 0 Å². The topological polar surface area (TPSA) is 49.9 Å². The highest BCUT2D eigenvalue weighted by atomic mass is 32.2. The van der Waals surface area contributed by atoms with E-state index in [1.807, 2.05) is 36.4 Å². The zero-order chi connectivity index (χ0) is 13.9. The Bertz CT molecular complexity index is 781. The van der Waals surface area contributed by atoms with Crippen LogP contribution in [0.5, 0.6) is 0 Å². The Labute approximate surface area is 122 Å². The lowest BCUT2D eigenvalue weighted by molar-refractivity contribution is 1.33. The van der Waals surface area contributed by atoms with Gasteiger partial charge in [-0.1, -0.05) is 60.3 Å². The Morgan fingerprint density at radius 3 is 2.35 bits per heavy atom. The molecule has 0 fully saturated rings. The Kier molecular flexibility index (Phi) is 3.44. The Morgan fingerprint density at radius 2 is 1.55 bits per heavy atom. The van der Waals surface area contributed by atoms with Crippen molar-refractivity contribution in [3.8, 4) is 0 Å². The molecule has 0 bridgehead atoms. The predicted molar refractivity (Wildman–Crippen MR) is 85.5 cm³/mol. The molecule has 2 nitrogen and oxygen atoms in total. The van der Waals surface area contributed by atoms with Crippen LogP contribution in [0.2, 0.25) is 0 Å².